The summed E-state index contributed by atoms with van der Waals surface area (Å²) < 4.78 is 42.6. The lowest BCUT2D eigenvalue weighted by molar-refractivity contribution is -0.141. The van der Waals surface area contributed by atoms with E-state index in [0.29, 0.717) is 5.75 Å². The van der Waals surface area contributed by atoms with Crippen LogP contribution in [0, 0.1) is 0 Å². The number of ether oxygens (including phenoxy) is 3. The van der Waals surface area contributed by atoms with Crippen LogP contribution in [0.2, 0.25) is 0 Å². The van der Waals surface area contributed by atoms with Gasteiger partial charge < -0.3 is 14.2 Å². The fourth-order valence-electron chi connectivity index (χ4n) is 2.33. The smallest absolute Gasteiger partial charge is 0.326 e. The first-order valence-corrected chi connectivity index (χ1v) is 9.33. The Morgan fingerprint density at radius 2 is 1.73 bits per heavy atom. The van der Waals surface area contributed by atoms with Gasteiger partial charge in [-0.2, -0.15) is 0 Å². The highest BCUT2D eigenvalue weighted by molar-refractivity contribution is 7.92. The molecule has 0 radical (unpaired) electrons. The Kier molecular flexibility index (Phi) is 6.46. The van der Waals surface area contributed by atoms with E-state index in [2.05, 4.69) is 0 Å². The normalized spacial score (nSPS) is 10.9. The number of sulfonamides is 1. The molecule has 2 rings (SSSR count). The molecule has 0 spiro atoms. The van der Waals surface area contributed by atoms with Crippen LogP contribution in [0.1, 0.15) is 6.92 Å². The second-order valence-electron chi connectivity index (χ2n) is 5.17. The number of carbonyl (C=O) groups is 1. The van der Waals surface area contributed by atoms with E-state index >= 15 is 0 Å². The summed E-state index contributed by atoms with van der Waals surface area (Å²) in [5, 5.41) is 0. The van der Waals surface area contributed by atoms with Crippen molar-refractivity contribution in [2.45, 2.75) is 11.8 Å². The molecule has 0 aliphatic carbocycles. The Labute approximate surface area is 153 Å². The summed E-state index contributed by atoms with van der Waals surface area (Å²) in [6, 6.07) is 12.5. The number of methoxy groups -OCH3 is 2. The van der Waals surface area contributed by atoms with Crippen molar-refractivity contribution in [2.24, 2.45) is 0 Å². The monoisotopic (exact) mass is 379 g/mol. The molecular formula is C18H21NO6S. The topological polar surface area (TPSA) is 82.1 Å². The van der Waals surface area contributed by atoms with Crippen molar-refractivity contribution in [1.29, 1.82) is 0 Å². The predicted octanol–water partition coefficient (Wildman–Crippen LogP) is 2.46. The van der Waals surface area contributed by atoms with Gasteiger partial charge >= 0.3 is 5.97 Å². The second kappa shape index (κ2) is 8.57. The van der Waals surface area contributed by atoms with Gasteiger partial charge in [-0.1, -0.05) is 18.2 Å². The van der Waals surface area contributed by atoms with Gasteiger partial charge in [-0.3, -0.25) is 9.10 Å². The molecule has 8 heteroatoms. The molecule has 0 heterocycles. The van der Waals surface area contributed by atoms with Gasteiger partial charge in [0.2, 0.25) is 0 Å². The van der Waals surface area contributed by atoms with Crippen molar-refractivity contribution in [3.05, 3.63) is 48.5 Å². The van der Waals surface area contributed by atoms with E-state index < -0.39 is 22.5 Å². The van der Waals surface area contributed by atoms with Gasteiger partial charge in [0, 0.05) is 6.07 Å². The van der Waals surface area contributed by atoms with Crippen molar-refractivity contribution < 1.29 is 27.4 Å². The number of anilines is 1. The van der Waals surface area contributed by atoms with E-state index in [-0.39, 0.29) is 22.9 Å². The SMILES string of the molecule is CCOC(=O)CN(c1ccc(OC)cc1OC)S(=O)(=O)c1ccccc1. The zero-order valence-electron chi connectivity index (χ0n) is 14.8. The lowest BCUT2D eigenvalue weighted by atomic mass is 10.2. The predicted molar refractivity (Wildman–Crippen MR) is 97.2 cm³/mol. The Morgan fingerprint density at radius 1 is 1.04 bits per heavy atom. The summed E-state index contributed by atoms with van der Waals surface area (Å²) in [5.74, 6) is 0.0943. The third-order valence-corrected chi connectivity index (χ3v) is 5.34. The van der Waals surface area contributed by atoms with Crippen LogP contribution in [0.5, 0.6) is 11.5 Å². The maximum atomic E-state index is 13.1. The van der Waals surface area contributed by atoms with Gasteiger partial charge in [0.05, 0.1) is 31.4 Å². The van der Waals surface area contributed by atoms with E-state index in [1.807, 2.05) is 0 Å². The van der Waals surface area contributed by atoms with Crippen molar-refractivity contribution in [2.75, 3.05) is 31.7 Å². The van der Waals surface area contributed by atoms with Crippen molar-refractivity contribution >= 4 is 21.7 Å². The molecule has 2 aromatic rings. The molecule has 140 valence electrons. The van der Waals surface area contributed by atoms with E-state index in [1.165, 1.54) is 32.4 Å². The van der Waals surface area contributed by atoms with Crippen LogP contribution in [-0.4, -0.2) is 41.8 Å². The highest BCUT2D eigenvalue weighted by atomic mass is 32.2. The minimum Gasteiger partial charge on any atom is -0.497 e. The van der Waals surface area contributed by atoms with E-state index in [1.54, 1.807) is 37.3 Å². The van der Waals surface area contributed by atoms with Crippen molar-refractivity contribution in [1.82, 2.24) is 0 Å². The zero-order chi connectivity index (χ0) is 19.2. The van der Waals surface area contributed by atoms with Crippen molar-refractivity contribution in [3.8, 4) is 11.5 Å². The van der Waals surface area contributed by atoms with Crippen LogP contribution in [0.15, 0.2) is 53.4 Å². The third-order valence-electron chi connectivity index (χ3n) is 3.56. The number of esters is 1. The number of hydrogen-bond donors (Lipinski definition) is 0. The Bertz CT molecular complexity index is 851. The van der Waals surface area contributed by atoms with Crippen LogP contribution in [0.25, 0.3) is 0 Å². The third kappa shape index (κ3) is 4.26. The van der Waals surface area contributed by atoms with E-state index in [4.69, 9.17) is 14.2 Å². The summed E-state index contributed by atoms with van der Waals surface area (Å²) in [6.45, 7) is 1.33. The average molecular weight is 379 g/mol. The highest BCUT2D eigenvalue weighted by Crippen LogP contribution is 2.35. The Morgan fingerprint density at radius 3 is 2.31 bits per heavy atom. The number of rotatable bonds is 8. The minimum absolute atomic E-state index is 0.0576. The summed E-state index contributed by atoms with van der Waals surface area (Å²) in [5.41, 5.74) is 0.213. The minimum atomic E-state index is -4.01. The molecular weight excluding hydrogens is 358 g/mol. The van der Waals surface area contributed by atoms with Gasteiger partial charge in [0.1, 0.15) is 18.0 Å². The van der Waals surface area contributed by atoms with Gasteiger partial charge in [-0.15, -0.1) is 0 Å². The summed E-state index contributed by atoms with van der Waals surface area (Å²) in [7, 11) is -1.10. The zero-order valence-corrected chi connectivity index (χ0v) is 15.7. The van der Waals surface area contributed by atoms with Crippen LogP contribution >= 0.6 is 0 Å². The van der Waals surface area contributed by atoms with Crippen LogP contribution in [0.4, 0.5) is 5.69 Å². The molecule has 0 atom stereocenters. The standard InChI is InChI=1S/C18H21NO6S/c1-4-25-18(20)13-19(26(21,22)15-8-6-5-7-9-15)16-11-10-14(23-2)12-17(16)24-3/h5-12H,4,13H2,1-3H3. The number of benzene rings is 2. The molecule has 2 aromatic carbocycles. The van der Waals surface area contributed by atoms with Gasteiger partial charge in [-0.25, -0.2) is 8.42 Å². The molecule has 0 fully saturated rings. The van der Waals surface area contributed by atoms with Crippen LogP contribution < -0.4 is 13.8 Å². The molecule has 7 nitrogen and oxygen atoms in total. The molecule has 0 unspecified atom stereocenters. The molecule has 26 heavy (non-hydrogen) atoms. The first-order valence-electron chi connectivity index (χ1n) is 7.89. The first-order chi connectivity index (χ1) is 12.4. The largest absolute Gasteiger partial charge is 0.497 e. The maximum Gasteiger partial charge on any atom is 0.326 e. The molecule has 0 saturated carbocycles. The Balaban J connectivity index is 2.57. The van der Waals surface area contributed by atoms with Crippen LogP contribution in [0.3, 0.4) is 0 Å². The first kappa shape index (κ1) is 19.6. The lowest BCUT2D eigenvalue weighted by Crippen LogP contribution is -2.36. The summed E-state index contributed by atoms with van der Waals surface area (Å²) in [4.78, 5) is 12.1. The molecule has 0 amide bonds. The molecule has 0 aliphatic heterocycles. The van der Waals surface area contributed by atoms with E-state index in [9.17, 15) is 13.2 Å². The fourth-order valence-corrected chi connectivity index (χ4v) is 3.77. The molecule has 0 saturated heterocycles. The Hall–Kier alpha value is -2.74. The van der Waals surface area contributed by atoms with Gasteiger partial charge in [-0.05, 0) is 31.2 Å². The molecule has 0 aromatic heterocycles. The maximum absolute atomic E-state index is 13.1. The second-order valence-corrected chi connectivity index (χ2v) is 7.03. The number of hydrogen-bond acceptors (Lipinski definition) is 6. The van der Waals surface area contributed by atoms with Gasteiger partial charge in [0.15, 0.2) is 0 Å². The average Bonchev–Trinajstić information content (AvgIpc) is 2.66. The summed E-state index contributed by atoms with van der Waals surface area (Å²) >= 11 is 0. The molecule has 0 bridgehead atoms. The number of carbonyl (C=O) groups excluding carboxylic acids is 1. The van der Waals surface area contributed by atoms with Crippen LogP contribution in [-0.2, 0) is 19.6 Å². The molecule has 0 aliphatic rings. The fraction of sp³-hybridized carbons (Fsp3) is 0.278. The highest BCUT2D eigenvalue weighted by Gasteiger charge is 2.30. The lowest BCUT2D eigenvalue weighted by Gasteiger charge is -2.25. The summed E-state index contributed by atoms with van der Waals surface area (Å²) in [6.07, 6.45) is 0. The number of nitrogens with zero attached hydrogens (tertiary/aromatic N) is 1. The van der Waals surface area contributed by atoms with Crippen molar-refractivity contribution in [3.63, 3.8) is 0 Å². The van der Waals surface area contributed by atoms with Gasteiger partial charge in [0.25, 0.3) is 10.0 Å². The quantitative estimate of drug-likeness (QED) is 0.656. The molecule has 0 N–H and O–H groups in total. The van der Waals surface area contributed by atoms with E-state index in [0.717, 1.165) is 4.31 Å².